The number of carboxylic acids is 1. The van der Waals surface area contributed by atoms with E-state index in [2.05, 4.69) is 0 Å². The molecule has 0 aromatic rings. The Morgan fingerprint density at radius 1 is 1.60 bits per heavy atom. The first-order valence-corrected chi connectivity index (χ1v) is 2.71. The maximum Gasteiger partial charge on any atom is 0.309 e. The summed E-state index contributed by atoms with van der Waals surface area (Å²) in [6, 6.07) is 3.38. The minimum absolute atomic E-state index is 0.176. The van der Waals surface area contributed by atoms with Gasteiger partial charge in [-0.25, -0.2) is 0 Å². The molecule has 0 bridgehead atoms. The largest absolute Gasteiger partial charge is 0.481 e. The van der Waals surface area contributed by atoms with Crippen molar-refractivity contribution in [2.45, 2.75) is 6.42 Å². The maximum absolute atomic E-state index is 10.2. The average Bonchev–Trinajstić information content (AvgIpc) is 2.63. The van der Waals surface area contributed by atoms with E-state index >= 15 is 0 Å². The number of hydrogen-bond donors (Lipinski definition) is 1. The van der Waals surface area contributed by atoms with Crippen LogP contribution in [-0.2, 0) is 4.79 Å². The van der Waals surface area contributed by atoms with Crippen molar-refractivity contribution in [3.05, 3.63) is 0 Å². The van der Waals surface area contributed by atoms with E-state index in [1.165, 1.54) is 0 Å². The van der Waals surface area contributed by atoms with E-state index in [-0.39, 0.29) is 6.42 Å². The fourth-order valence-electron chi connectivity index (χ4n) is 0.833. The summed E-state index contributed by atoms with van der Waals surface area (Å²) in [5, 5.41) is 25.0. The summed E-state index contributed by atoms with van der Waals surface area (Å²) in [6.07, 6.45) is 0.176. The van der Waals surface area contributed by atoms with Crippen LogP contribution in [0.4, 0.5) is 0 Å². The van der Waals surface area contributed by atoms with Gasteiger partial charge in [-0.1, -0.05) is 0 Å². The quantitative estimate of drug-likeness (QED) is 0.554. The normalized spacial score (nSPS) is 26.0. The van der Waals surface area contributed by atoms with Crippen LogP contribution < -0.4 is 0 Å². The molecule has 1 aliphatic carbocycles. The second kappa shape index (κ2) is 1.71. The summed E-state index contributed by atoms with van der Waals surface area (Å²) < 4.78 is 0. The summed E-state index contributed by atoms with van der Waals surface area (Å²) in [6.45, 7) is 0. The number of nitrogens with zero attached hydrogens (tertiary/aromatic N) is 2. The molecule has 0 spiro atoms. The van der Waals surface area contributed by atoms with Gasteiger partial charge in [0.05, 0.1) is 18.1 Å². The van der Waals surface area contributed by atoms with Gasteiger partial charge in [0.2, 0.25) is 0 Å². The van der Waals surface area contributed by atoms with Gasteiger partial charge in [-0.2, -0.15) is 10.5 Å². The van der Waals surface area contributed by atoms with Crippen molar-refractivity contribution in [1.29, 1.82) is 10.5 Å². The van der Waals surface area contributed by atoms with E-state index in [0.717, 1.165) is 0 Å². The molecular formula is C6H4N2O2. The van der Waals surface area contributed by atoms with Crippen LogP contribution in [0.25, 0.3) is 0 Å². The fraction of sp³-hybridized carbons (Fsp3) is 0.500. The van der Waals surface area contributed by atoms with Crippen LogP contribution in [0.15, 0.2) is 0 Å². The molecule has 1 saturated carbocycles. The Kier molecular flexibility index (Phi) is 1.13. The van der Waals surface area contributed by atoms with E-state index in [1.54, 1.807) is 12.1 Å². The Morgan fingerprint density at radius 2 is 2.10 bits per heavy atom. The molecule has 1 fully saturated rings. The van der Waals surface area contributed by atoms with E-state index in [1.807, 2.05) is 0 Å². The monoisotopic (exact) mass is 136 g/mol. The first-order valence-electron chi connectivity index (χ1n) is 2.71. The smallest absolute Gasteiger partial charge is 0.309 e. The topological polar surface area (TPSA) is 84.9 Å². The van der Waals surface area contributed by atoms with E-state index in [4.69, 9.17) is 15.6 Å². The maximum atomic E-state index is 10.2. The summed E-state index contributed by atoms with van der Waals surface area (Å²) in [5.74, 6) is -1.81. The standard InChI is InChI=1S/C6H4N2O2/c7-2-6(3-8)1-4(6)5(9)10/h4H,1H2,(H,9,10). The van der Waals surface area contributed by atoms with E-state index in [0.29, 0.717) is 0 Å². The zero-order chi connectivity index (χ0) is 7.78. The van der Waals surface area contributed by atoms with Crippen LogP contribution in [0.3, 0.4) is 0 Å². The Bertz CT molecular complexity index is 244. The molecule has 0 aromatic heterocycles. The van der Waals surface area contributed by atoms with E-state index in [9.17, 15) is 4.79 Å². The minimum atomic E-state index is -1.22. The van der Waals surface area contributed by atoms with Crippen molar-refractivity contribution in [3.63, 3.8) is 0 Å². The van der Waals surface area contributed by atoms with Crippen molar-refractivity contribution in [2.75, 3.05) is 0 Å². The molecule has 4 nitrogen and oxygen atoms in total. The predicted molar refractivity (Wildman–Crippen MR) is 29.4 cm³/mol. The third-order valence-electron chi connectivity index (χ3n) is 1.66. The molecule has 0 radical (unpaired) electrons. The van der Waals surface area contributed by atoms with Gasteiger partial charge < -0.3 is 5.11 Å². The average molecular weight is 136 g/mol. The van der Waals surface area contributed by atoms with Crippen LogP contribution >= 0.6 is 0 Å². The molecule has 1 N–H and O–H groups in total. The van der Waals surface area contributed by atoms with Crippen LogP contribution in [0.2, 0.25) is 0 Å². The molecule has 0 aromatic carbocycles. The van der Waals surface area contributed by atoms with Gasteiger partial charge in [0.15, 0.2) is 5.41 Å². The van der Waals surface area contributed by atoms with Gasteiger partial charge in [-0.15, -0.1) is 0 Å². The van der Waals surface area contributed by atoms with Crippen molar-refractivity contribution < 1.29 is 9.90 Å². The fourth-order valence-corrected chi connectivity index (χ4v) is 0.833. The Labute approximate surface area is 57.3 Å². The highest BCUT2D eigenvalue weighted by atomic mass is 16.4. The molecule has 0 amide bonds. The van der Waals surface area contributed by atoms with Crippen LogP contribution in [0, 0.1) is 34.0 Å². The number of hydrogen-bond acceptors (Lipinski definition) is 3. The molecule has 4 heteroatoms. The highest BCUT2D eigenvalue weighted by Gasteiger charge is 2.60. The second-order valence-electron chi connectivity index (χ2n) is 2.29. The van der Waals surface area contributed by atoms with Crippen LogP contribution in [-0.4, -0.2) is 11.1 Å². The van der Waals surface area contributed by atoms with Gasteiger partial charge in [-0.05, 0) is 6.42 Å². The molecule has 50 valence electrons. The van der Waals surface area contributed by atoms with Crippen LogP contribution in [0.5, 0.6) is 0 Å². The summed E-state index contributed by atoms with van der Waals surface area (Å²) in [5.41, 5.74) is -1.22. The number of carbonyl (C=O) groups is 1. The van der Waals surface area contributed by atoms with E-state index < -0.39 is 17.3 Å². The number of aliphatic carboxylic acids is 1. The first-order chi connectivity index (χ1) is 4.66. The van der Waals surface area contributed by atoms with Gasteiger partial charge >= 0.3 is 5.97 Å². The zero-order valence-electron chi connectivity index (χ0n) is 5.03. The minimum Gasteiger partial charge on any atom is -0.481 e. The van der Waals surface area contributed by atoms with Crippen molar-refractivity contribution in [2.24, 2.45) is 11.3 Å². The SMILES string of the molecule is N#CC1(C#N)CC1C(=O)O. The third kappa shape index (κ3) is 0.629. The zero-order valence-corrected chi connectivity index (χ0v) is 5.03. The summed E-state index contributed by atoms with van der Waals surface area (Å²) in [4.78, 5) is 10.2. The molecule has 1 rings (SSSR count). The second-order valence-corrected chi connectivity index (χ2v) is 2.29. The third-order valence-corrected chi connectivity index (χ3v) is 1.66. The lowest BCUT2D eigenvalue weighted by molar-refractivity contribution is -0.138. The molecule has 0 aliphatic heterocycles. The molecule has 1 aliphatic rings. The lowest BCUT2D eigenvalue weighted by Crippen LogP contribution is -2.05. The van der Waals surface area contributed by atoms with Gasteiger partial charge in [0.1, 0.15) is 0 Å². The van der Waals surface area contributed by atoms with Crippen LogP contribution in [0.1, 0.15) is 6.42 Å². The molecule has 0 heterocycles. The molecular weight excluding hydrogens is 132 g/mol. The Balaban J connectivity index is 2.76. The molecule has 10 heavy (non-hydrogen) atoms. The Hall–Kier alpha value is -1.55. The van der Waals surface area contributed by atoms with Gasteiger partial charge in [-0.3, -0.25) is 4.79 Å². The van der Waals surface area contributed by atoms with Gasteiger partial charge in [0.25, 0.3) is 0 Å². The van der Waals surface area contributed by atoms with Crippen molar-refractivity contribution in [3.8, 4) is 12.1 Å². The number of rotatable bonds is 1. The highest BCUT2D eigenvalue weighted by molar-refractivity contribution is 5.77. The Morgan fingerprint density at radius 3 is 2.20 bits per heavy atom. The lowest BCUT2D eigenvalue weighted by atomic mass is 10.1. The molecule has 1 atom stereocenters. The predicted octanol–water partition coefficient (Wildman–Crippen LogP) is 0.124. The summed E-state index contributed by atoms with van der Waals surface area (Å²) >= 11 is 0. The van der Waals surface area contributed by atoms with Gasteiger partial charge in [0, 0.05) is 0 Å². The summed E-state index contributed by atoms with van der Waals surface area (Å²) in [7, 11) is 0. The number of nitriles is 2. The molecule has 1 unspecified atom stereocenters. The van der Waals surface area contributed by atoms with Crippen molar-refractivity contribution >= 4 is 5.97 Å². The first kappa shape index (κ1) is 6.57. The van der Waals surface area contributed by atoms with Crippen molar-refractivity contribution in [1.82, 2.24) is 0 Å². The number of carboxylic acid groups (broad SMARTS) is 1. The highest BCUT2D eigenvalue weighted by Crippen LogP contribution is 2.51. The lowest BCUT2D eigenvalue weighted by Gasteiger charge is -1.88. The molecule has 0 saturated heterocycles.